The van der Waals surface area contributed by atoms with Crippen molar-refractivity contribution in [2.75, 3.05) is 25.1 Å². The Bertz CT molecular complexity index is 1020. The molecule has 7 heteroatoms. The van der Waals surface area contributed by atoms with Crippen molar-refractivity contribution in [2.24, 2.45) is 0 Å². The Labute approximate surface area is 158 Å². The third kappa shape index (κ3) is 2.98. The number of carbonyl (C=O) groups excluding carboxylic acids is 1. The van der Waals surface area contributed by atoms with Crippen molar-refractivity contribution < 1.29 is 17.9 Å². The van der Waals surface area contributed by atoms with Gasteiger partial charge in [-0.3, -0.25) is 4.79 Å². The Kier molecular flexibility index (Phi) is 4.39. The van der Waals surface area contributed by atoms with Gasteiger partial charge < -0.3 is 14.5 Å². The van der Waals surface area contributed by atoms with E-state index in [1.165, 1.54) is 6.20 Å². The van der Waals surface area contributed by atoms with Gasteiger partial charge in [-0.15, -0.1) is 0 Å². The maximum absolute atomic E-state index is 13.1. The number of ether oxygens (including phenoxy) is 1. The number of carbonyl (C=O) groups is 1. The molecule has 2 aromatic carbocycles. The molecule has 2 heterocycles. The molecule has 0 atom stereocenters. The summed E-state index contributed by atoms with van der Waals surface area (Å²) in [7, 11) is -2.30. The van der Waals surface area contributed by atoms with E-state index in [4.69, 9.17) is 4.74 Å². The summed E-state index contributed by atoms with van der Waals surface area (Å²) in [5.41, 5.74) is 1.24. The quantitative estimate of drug-likeness (QED) is 0.814. The molecule has 0 aromatic heterocycles. The summed E-state index contributed by atoms with van der Waals surface area (Å²) in [6.45, 7) is 1.18. The minimum absolute atomic E-state index is 0.137. The first-order valence-electron chi connectivity index (χ1n) is 8.81. The van der Waals surface area contributed by atoms with Crippen LogP contribution in [0.4, 0.5) is 11.4 Å². The number of anilines is 2. The molecule has 140 valence electrons. The van der Waals surface area contributed by atoms with Crippen molar-refractivity contribution in [3.05, 3.63) is 59.6 Å². The number of amides is 1. The number of hydrogen-bond donors (Lipinski definition) is 0. The lowest BCUT2D eigenvalue weighted by Crippen LogP contribution is -2.35. The molecule has 2 aromatic rings. The number of fused-ring (bicyclic) bond motifs is 1. The van der Waals surface area contributed by atoms with Gasteiger partial charge in [0.05, 0.1) is 17.7 Å². The lowest BCUT2D eigenvalue weighted by atomic mass is 10.2. The van der Waals surface area contributed by atoms with Crippen molar-refractivity contribution in [3.63, 3.8) is 0 Å². The maximum atomic E-state index is 13.1. The van der Waals surface area contributed by atoms with Crippen LogP contribution in [0.25, 0.3) is 0 Å². The van der Waals surface area contributed by atoms with Crippen molar-refractivity contribution in [3.8, 4) is 5.75 Å². The number of hydrogen-bond acceptors (Lipinski definition) is 5. The molecule has 1 fully saturated rings. The average Bonchev–Trinajstić information content (AvgIpc) is 3.23. The summed E-state index contributed by atoms with van der Waals surface area (Å²) in [6, 6.07) is 14.0. The summed E-state index contributed by atoms with van der Waals surface area (Å²) in [4.78, 5) is 16.3. The van der Waals surface area contributed by atoms with Gasteiger partial charge in [-0.2, -0.15) is 0 Å². The van der Waals surface area contributed by atoms with Gasteiger partial charge >= 0.3 is 0 Å². The number of likely N-dealkylation sites (tertiary alicyclic amines) is 1. The smallest absolute Gasteiger partial charge is 0.267 e. The van der Waals surface area contributed by atoms with Gasteiger partial charge in [0.25, 0.3) is 5.91 Å². The van der Waals surface area contributed by atoms with Crippen LogP contribution in [0.2, 0.25) is 0 Å². The first-order chi connectivity index (χ1) is 13.0. The summed E-state index contributed by atoms with van der Waals surface area (Å²) < 4.78 is 31.6. The Balaban J connectivity index is 1.88. The monoisotopic (exact) mass is 384 g/mol. The standard InChI is InChI=1S/C20H20N2O4S/c1-26-16-8-6-7-15(13-16)22-14-19(20(23)21-11-4-5-12-21)27(24,25)18-10-3-2-9-17(18)22/h2-3,6-10,13-14H,4-5,11-12H2,1H3. The van der Waals surface area contributed by atoms with Crippen LogP contribution in [-0.2, 0) is 14.6 Å². The largest absolute Gasteiger partial charge is 0.497 e. The fourth-order valence-electron chi connectivity index (χ4n) is 3.48. The van der Waals surface area contributed by atoms with Gasteiger partial charge in [0.1, 0.15) is 5.75 Å². The molecule has 0 bridgehead atoms. The van der Waals surface area contributed by atoms with E-state index in [9.17, 15) is 13.2 Å². The molecule has 1 saturated heterocycles. The zero-order valence-corrected chi connectivity index (χ0v) is 15.8. The molecule has 2 aliphatic heterocycles. The van der Waals surface area contributed by atoms with Crippen LogP contribution in [0.5, 0.6) is 5.75 Å². The second-order valence-electron chi connectivity index (χ2n) is 6.54. The molecule has 1 amide bonds. The molecule has 6 nitrogen and oxygen atoms in total. The Morgan fingerprint density at radius 1 is 1.04 bits per heavy atom. The van der Waals surface area contributed by atoms with Gasteiger partial charge in [0.2, 0.25) is 9.84 Å². The second kappa shape index (κ2) is 6.74. The van der Waals surface area contributed by atoms with Crippen LogP contribution in [0.15, 0.2) is 64.5 Å². The number of methoxy groups -OCH3 is 1. The fraction of sp³-hybridized carbons (Fsp3) is 0.250. The van der Waals surface area contributed by atoms with Gasteiger partial charge in [0.15, 0.2) is 4.91 Å². The minimum atomic E-state index is -3.88. The summed E-state index contributed by atoms with van der Waals surface area (Å²) >= 11 is 0. The van der Waals surface area contributed by atoms with Crippen molar-refractivity contribution in [2.45, 2.75) is 17.7 Å². The maximum Gasteiger partial charge on any atom is 0.267 e. The van der Waals surface area contributed by atoms with Crippen molar-refractivity contribution >= 4 is 27.1 Å². The molecule has 0 aliphatic carbocycles. The van der Waals surface area contributed by atoms with E-state index in [1.807, 2.05) is 24.3 Å². The highest BCUT2D eigenvalue weighted by molar-refractivity contribution is 7.96. The predicted molar refractivity (Wildman–Crippen MR) is 103 cm³/mol. The van der Waals surface area contributed by atoms with Crippen LogP contribution >= 0.6 is 0 Å². The molecule has 0 N–H and O–H groups in total. The van der Waals surface area contributed by atoms with Crippen LogP contribution in [0, 0.1) is 0 Å². The van der Waals surface area contributed by atoms with E-state index < -0.39 is 15.7 Å². The predicted octanol–water partition coefficient (Wildman–Crippen LogP) is 3.08. The molecule has 0 radical (unpaired) electrons. The normalized spacial score (nSPS) is 18.0. The van der Waals surface area contributed by atoms with E-state index in [-0.39, 0.29) is 9.80 Å². The number of para-hydroxylation sites is 1. The number of sulfone groups is 1. The summed E-state index contributed by atoms with van der Waals surface area (Å²) in [5.74, 6) is 0.217. The van der Waals surface area contributed by atoms with Crippen LogP contribution in [-0.4, -0.2) is 39.4 Å². The zero-order chi connectivity index (χ0) is 19.0. The van der Waals surface area contributed by atoms with Crippen molar-refractivity contribution in [1.29, 1.82) is 0 Å². The first kappa shape index (κ1) is 17.6. The highest BCUT2D eigenvalue weighted by atomic mass is 32.2. The zero-order valence-electron chi connectivity index (χ0n) is 15.0. The summed E-state index contributed by atoms with van der Waals surface area (Å²) in [6.07, 6.45) is 3.23. The van der Waals surface area contributed by atoms with E-state index in [0.29, 0.717) is 24.5 Å². The highest BCUT2D eigenvalue weighted by Gasteiger charge is 2.38. The molecular weight excluding hydrogens is 364 g/mol. The number of nitrogens with zero attached hydrogens (tertiary/aromatic N) is 2. The van der Waals surface area contributed by atoms with Crippen LogP contribution in [0.1, 0.15) is 12.8 Å². The Morgan fingerprint density at radius 2 is 1.78 bits per heavy atom. The van der Waals surface area contributed by atoms with Gasteiger partial charge in [-0.1, -0.05) is 18.2 Å². The lowest BCUT2D eigenvalue weighted by Gasteiger charge is -2.30. The van der Waals surface area contributed by atoms with Gasteiger partial charge in [0, 0.05) is 31.0 Å². The molecule has 0 spiro atoms. The molecule has 4 rings (SSSR count). The number of benzene rings is 2. The molecule has 27 heavy (non-hydrogen) atoms. The minimum Gasteiger partial charge on any atom is -0.497 e. The van der Waals surface area contributed by atoms with Crippen LogP contribution in [0.3, 0.4) is 0 Å². The molecule has 2 aliphatic rings. The van der Waals surface area contributed by atoms with Gasteiger partial charge in [-0.25, -0.2) is 8.42 Å². The van der Waals surface area contributed by atoms with Crippen molar-refractivity contribution in [1.82, 2.24) is 4.90 Å². The lowest BCUT2D eigenvalue weighted by molar-refractivity contribution is -0.125. The first-order valence-corrected chi connectivity index (χ1v) is 10.3. The van der Waals surface area contributed by atoms with E-state index in [2.05, 4.69) is 0 Å². The molecule has 0 saturated carbocycles. The van der Waals surface area contributed by atoms with E-state index in [0.717, 1.165) is 18.5 Å². The molecular formula is C20H20N2O4S. The van der Waals surface area contributed by atoms with Crippen LogP contribution < -0.4 is 9.64 Å². The SMILES string of the molecule is COc1cccc(N2C=C(C(=O)N3CCCC3)S(=O)(=O)c3ccccc32)c1. The highest BCUT2D eigenvalue weighted by Crippen LogP contribution is 2.40. The summed E-state index contributed by atoms with van der Waals surface area (Å²) in [5, 5.41) is 0. The Hall–Kier alpha value is -2.80. The Morgan fingerprint density at radius 3 is 2.52 bits per heavy atom. The molecule has 0 unspecified atom stereocenters. The van der Waals surface area contributed by atoms with E-state index in [1.54, 1.807) is 41.2 Å². The third-order valence-corrected chi connectivity index (χ3v) is 6.67. The fourth-order valence-corrected chi connectivity index (χ4v) is 5.02. The topological polar surface area (TPSA) is 66.9 Å². The van der Waals surface area contributed by atoms with Gasteiger partial charge in [-0.05, 0) is 37.1 Å². The second-order valence-corrected chi connectivity index (χ2v) is 8.42. The number of rotatable bonds is 3. The third-order valence-electron chi connectivity index (χ3n) is 4.89. The average molecular weight is 384 g/mol. The van der Waals surface area contributed by atoms with E-state index >= 15 is 0 Å².